The number of rotatable bonds is 5. The minimum atomic E-state index is -1.13. The highest BCUT2D eigenvalue weighted by Crippen LogP contribution is 2.18. The minimum absolute atomic E-state index is 0.110. The largest absolute Gasteiger partial charge is 0.480 e. The number of carbonyl (C=O) groups excluding carboxylic acids is 1. The maximum Gasteiger partial charge on any atom is 0.408 e. The number of hydrogen-bond donors (Lipinski definition) is 2. The van der Waals surface area contributed by atoms with Gasteiger partial charge in [0.15, 0.2) is 0 Å². The van der Waals surface area contributed by atoms with Crippen molar-refractivity contribution in [3.05, 3.63) is 42.5 Å². The van der Waals surface area contributed by atoms with E-state index in [1.54, 1.807) is 20.8 Å². The maximum atomic E-state index is 11.7. The van der Waals surface area contributed by atoms with Gasteiger partial charge in [0.25, 0.3) is 0 Å². The van der Waals surface area contributed by atoms with Crippen molar-refractivity contribution in [3.8, 4) is 0 Å². The van der Waals surface area contributed by atoms with E-state index in [0.29, 0.717) is 5.57 Å². The molecule has 0 bridgehead atoms. The summed E-state index contributed by atoms with van der Waals surface area (Å²) in [6.07, 6.45) is -0.644. The Balaban J connectivity index is 2.69. The lowest BCUT2D eigenvalue weighted by Gasteiger charge is -2.22. The molecule has 114 valence electrons. The summed E-state index contributed by atoms with van der Waals surface area (Å²) in [5, 5.41) is 11.6. The van der Waals surface area contributed by atoms with E-state index in [0.717, 1.165) is 5.56 Å². The highest BCUT2D eigenvalue weighted by Gasteiger charge is 2.24. The van der Waals surface area contributed by atoms with Crippen LogP contribution in [-0.2, 0) is 9.53 Å². The van der Waals surface area contributed by atoms with Gasteiger partial charge < -0.3 is 15.2 Å². The van der Waals surface area contributed by atoms with E-state index in [9.17, 15) is 14.7 Å². The van der Waals surface area contributed by atoms with Crippen molar-refractivity contribution in [3.63, 3.8) is 0 Å². The smallest absolute Gasteiger partial charge is 0.408 e. The van der Waals surface area contributed by atoms with Crippen LogP contribution in [0, 0.1) is 0 Å². The van der Waals surface area contributed by atoms with Crippen LogP contribution in [0.25, 0.3) is 5.57 Å². The molecule has 0 aliphatic rings. The fraction of sp³-hybridized carbons (Fsp3) is 0.375. The van der Waals surface area contributed by atoms with Gasteiger partial charge in [0.05, 0.1) is 0 Å². The highest BCUT2D eigenvalue weighted by molar-refractivity contribution is 5.82. The summed E-state index contributed by atoms with van der Waals surface area (Å²) in [6, 6.07) is 8.16. The number of hydrogen-bond acceptors (Lipinski definition) is 3. The summed E-state index contributed by atoms with van der Waals surface area (Å²) < 4.78 is 5.06. The van der Waals surface area contributed by atoms with Gasteiger partial charge in [-0.05, 0) is 31.9 Å². The van der Waals surface area contributed by atoms with Crippen LogP contribution in [0.3, 0.4) is 0 Å². The van der Waals surface area contributed by atoms with Gasteiger partial charge >= 0.3 is 12.1 Å². The molecule has 1 aromatic carbocycles. The van der Waals surface area contributed by atoms with Gasteiger partial charge in [0.2, 0.25) is 0 Å². The van der Waals surface area contributed by atoms with Gasteiger partial charge in [0, 0.05) is 6.42 Å². The maximum absolute atomic E-state index is 11.7. The molecular formula is C16H21NO4. The molecule has 2 N–H and O–H groups in total. The van der Waals surface area contributed by atoms with Gasteiger partial charge in [-0.2, -0.15) is 0 Å². The molecule has 0 aliphatic carbocycles. The van der Waals surface area contributed by atoms with Gasteiger partial charge in [-0.1, -0.05) is 36.9 Å². The summed E-state index contributed by atoms with van der Waals surface area (Å²) in [5.41, 5.74) is 0.803. The Labute approximate surface area is 124 Å². The summed E-state index contributed by atoms with van der Waals surface area (Å²) in [6.45, 7) is 9.01. The Bertz CT molecular complexity index is 517. The lowest BCUT2D eigenvalue weighted by molar-refractivity contribution is -0.139. The van der Waals surface area contributed by atoms with Crippen LogP contribution in [-0.4, -0.2) is 28.8 Å². The van der Waals surface area contributed by atoms with E-state index in [1.165, 1.54) is 0 Å². The Morgan fingerprint density at radius 2 is 1.86 bits per heavy atom. The lowest BCUT2D eigenvalue weighted by Crippen LogP contribution is -2.43. The van der Waals surface area contributed by atoms with Gasteiger partial charge in [0.1, 0.15) is 11.6 Å². The number of amides is 1. The van der Waals surface area contributed by atoms with Gasteiger partial charge in [-0.25, -0.2) is 9.59 Å². The second-order valence-corrected chi connectivity index (χ2v) is 5.71. The molecule has 1 amide bonds. The Kier molecular flexibility index (Phi) is 5.52. The molecule has 0 fully saturated rings. The fourth-order valence-electron chi connectivity index (χ4n) is 1.69. The molecule has 21 heavy (non-hydrogen) atoms. The van der Waals surface area contributed by atoms with Crippen LogP contribution in [0.4, 0.5) is 4.79 Å². The molecule has 0 aliphatic heterocycles. The van der Waals surface area contributed by atoms with Crippen molar-refractivity contribution in [1.82, 2.24) is 5.32 Å². The molecule has 1 rings (SSSR count). The van der Waals surface area contributed by atoms with Crippen molar-refractivity contribution in [1.29, 1.82) is 0 Å². The molecule has 0 aromatic heterocycles. The molecular weight excluding hydrogens is 270 g/mol. The average Bonchev–Trinajstić information content (AvgIpc) is 2.36. The number of carboxylic acids is 1. The van der Waals surface area contributed by atoms with Gasteiger partial charge in [-0.15, -0.1) is 0 Å². The van der Waals surface area contributed by atoms with E-state index in [-0.39, 0.29) is 6.42 Å². The Morgan fingerprint density at radius 3 is 2.33 bits per heavy atom. The monoisotopic (exact) mass is 291 g/mol. The second-order valence-electron chi connectivity index (χ2n) is 5.71. The van der Waals surface area contributed by atoms with Crippen LogP contribution >= 0.6 is 0 Å². The van der Waals surface area contributed by atoms with E-state index < -0.39 is 23.7 Å². The van der Waals surface area contributed by atoms with Crippen molar-refractivity contribution >= 4 is 17.6 Å². The first-order valence-electron chi connectivity index (χ1n) is 6.64. The quantitative estimate of drug-likeness (QED) is 0.874. The van der Waals surface area contributed by atoms with Gasteiger partial charge in [-0.3, -0.25) is 0 Å². The molecule has 0 saturated carbocycles. The van der Waals surface area contributed by atoms with Crippen molar-refractivity contribution in [2.75, 3.05) is 0 Å². The van der Waals surface area contributed by atoms with Crippen LogP contribution in [0.2, 0.25) is 0 Å². The zero-order valence-electron chi connectivity index (χ0n) is 12.6. The zero-order valence-corrected chi connectivity index (χ0v) is 12.6. The summed E-state index contributed by atoms with van der Waals surface area (Å²) >= 11 is 0. The molecule has 0 radical (unpaired) electrons. The third kappa shape index (κ3) is 6.12. The van der Waals surface area contributed by atoms with Crippen LogP contribution < -0.4 is 5.32 Å². The minimum Gasteiger partial charge on any atom is -0.480 e. The number of nitrogens with one attached hydrogen (secondary N) is 1. The number of alkyl carbamates (subject to hydrolysis) is 1. The van der Waals surface area contributed by atoms with Crippen molar-refractivity contribution < 1.29 is 19.4 Å². The molecule has 0 heterocycles. The first-order chi connectivity index (χ1) is 9.69. The number of ether oxygens (including phenoxy) is 1. The summed E-state index contributed by atoms with van der Waals surface area (Å²) in [5.74, 6) is -1.13. The average molecular weight is 291 g/mol. The normalized spacial score (nSPS) is 12.3. The molecule has 0 unspecified atom stereocenters. The van der Waals surface area contributed by atoms with Crippen LogP contribution in [0.5, 0.6) is 0 Å². The zero-order chi connectivity index (χ0) is 16.0. The molecule has 1 aromatic rings. The molecule has 0 spiro atoms. The predicted molar refractivity (Wildman–Crippen MR) is 80.9 cm³/mol. The topological polar surface area (TPSA) is 75.6 Å². The van der Waals surface area contributed by atoms with Crippen LogP contribution in [0.1, 0.15) is 32.8 Å². The number of carbonyl (C=O) groups is 2. The first-order valence-corrected chi connectivity index (χ1v) is 6.64. The molecule has 0 saturated heterocycles. The fourth-order valence-corrected chi connectivity index (χ4v) is 1.69. The Morgan fingerprint density at radius 1 is 1.29 bits per heavy atom. The molecule has 1 atom stereocenters. The number of benzene rings is 1. The third-order valence-corrected chi connectivity index (χ3v) is 2.62. The van der Waals surface area contributed by atoms with Crippen molar-refractivity contribution in [2.45, 2.75) is 38.8 Å². The van der Waals surface area contributed by atoms with Crippen LogP contribution in [0.15, 0.2) is 36.9 Å². The first kappa shape index (κ1) is 16.8. The highest BCUT2D eigenvalue weighted by atomic mass is 16.6. The number of carboxylic acid groups (broad SMARTS) is 1. The molecule has 5 nitrogen and oxygen atoms in total. The SMILES string of the molecule is C=C(C[C@H](NC(=O)OC(C)(C)C)C(=O)O)c1ccccc1. The van der Waals surface area contributed by atoms with E-state index in [1.807, 2.05) is 30.3 Å². The summed E-state index contributed by atoms with van der Waals surface area (Å²) in [7, 11) is 0. The third-order valence-electron chi connectivity index (χ3n) is 2.62. The standard InChI is InChI=1S/C16H21NO4/c1-11(12-8-6-5-7-9-12)10-13(14(18)19)17-15(20)21-16(2,3)4/h5-9,13H,1,10H2,2-4H3,(H,17,20)(H,18,19)/t13-/m0/s1. The second kappa shape index (κ2) is 6.92. The molecule has 5 heteroatoms. The predicted octanol–water partition coefficient (Wildman–Crippen LogP) is 3.07. The van der Waals surface area contributed by atoms with E-state index >= 15 is 0 Å². The Hall–Kier alpha value is -2.30. The van der Waals surface area contributed by atoms with Crippen molar-refractivity contribution in [2.24, 2.45) is 0 Å². The lowest BCUT2D eigenvalue weighted by atomic mass is 10.0. The van der Waals surface area contributed by atoms with E-state index in [2.05, 4.69) is 11.9 Å². The van der Waals surface area contributed by atoms with E-state index in [4.69, 9.17) is 4.74 Å². The summed E-state index contributed by atoms with van der Waals surface area (Å²) in [4.78, 5) is 22.9. The number of aliphatic carboxylic acids is 1.